The summed E-state index contributed by atoms with van der Waals surface area (Å²) < 4.78 is 0. The summed E-state index contributed by atoms with van der Waals surface area (Å²) in [7, 11) is 0. The van der Waals surface area contributed by atoms with E-state index < -0.39 is 5.60 Å². The Kier molecular flexibility index (Phi) is 3.23. The van der Waals surface area contributed by atoms with Crippen molar-refractivity contribution in [1.29, 1.82) is 0 Å². The van der Waals surface area contributed by atoms with E-state index in [1.165, 1.54) is 12.1 Å². The van der Waals surface area contributed by atoms with Gasteiger partial charge in [-0.2, -0.15) is 5.10 Å². The summed E-state index contributed by atoms with van der Waals surface area (Å²) in [6.07, 6.45) is 3.41. The second kappa shape index (κ2) is 4.67. The van der Waals surface area contributed by atoms with Gasteiger partial charge in [0.1, 0.15) is 5.69 Å². The highest BCUT2D eigenvalue weighted by Gasteiger charge is 2.31. The fraction of sp³-hybridized carbons (Fsp3) is 0.545. The van der Waals surface area contributed by atoms with Crippen LogP contribution in [0, 0.1) is 0 Å². The Hall–Kier alpha value is -1.69. The van der Waals surface area contributed by atoms with Crippen LogP contribution < -0.4 is 10.9 Å². The largest absolute Gasteiger partial charge is 0.388 e. The maximum Gasteiger partial charge on any atom is 0.271 e. The van der Waals surface area contributed by atoms with Crippen molar-refractivity contribution in [1.82, 2.24) is 15.5 Å². The van der Waals surface area contributed by atoms with E-state index in [0.29, 0.717) is 12.8 Å². The van der Waals surface area contributed by atoms with E-state index in [1.54, 1.807) is 0 Å². The van der Waals surface area contributed by atoms with Crippen LogP contribution >= 0.6 is 0 Å². The van der Waals surface area contributed by atoms with E-state index in [-0.39, 0.29) is 23.7 Å². The van der Waals surface area contributed by atoms with E-state index in [1.807, 2.05) is 0 Å². The number of rotatable bonds is 3. The van der Waals surface area contributed by atoms with Crippen molar-refractivity contribution < 1.29 is 9.90 Å². The van der Waals surface area contributed by atoms with E-state index in [2.05, 4.69) is 15.5 Å². The molecular weight excluding hydrogens is 222 g/mol. The van der Waals surface area contributed by atoms with Crippen LogP contribution in [0.1, 0.15) is 36.2 Å². The first kappa shape index (κ1) is 11.8. The normalized spacial score (nSPS) is 17.9. The monoisotopic (exact) mass is 237 g/mol. The standard InChI is InChI=1S/C11H15N3O3/c15-9-4-3-8(13-14-9)10(16)12-7-11(17)5-1-2-6-11/h3-4,17H,1-2,5-7H2,(H,12,16)(H,14,15). The van der Waals surface area contributed by atoms with E-state index in [4.69, 9.17) is 0 Å². The average molecular weight is 237 g/mol. The molecule has 6 heteroatoms. The first-order valence-corrected chi connectivity index (χ1v) is 5.65. The molecule has 1 saturated carbocycles. The summed E-state index contributed by atoms with van der Waals surface area (Å²) in [5, 5.41) is 18.5. The minimum atomic E-state index is -0.780. The number of carbonyl (C=O) groups excluding carboxylic acids is 1. The molecule has 1 heterocycles. The molecule has 0 saturated heterocycles. The molecule has 1 aromatic heterocycles. The molecule has 0 bridgehead atoms. The molecule has 0 aromatic carbocycles. The van der Waals surface area contributed by atoms with Crippen LogP contribution in [0.5, 0.6) is 0 Å². The third kappa shape index (κ3) is 2.91. The molecule has 3 N–H and O–H groups in total. The average Bonchev–Trinajstić information content (AvgIpc) is 2.75. The zero-order valence-electron chi connectivity index (χ0n) is 9.40. The topological polar surface area (TPSA) is 95.1 Å². The molecule has 0 atom stereocenters. The van der Waals surface area contributed by atoms with Crippen molar-refractivity contribution >= 4 is 5.91 Å². The molecule has 1 aliphatic carbocycles. The first-order chi connectivity index (χ1) is 8.09. The number of aromatic amines is 1. The van der Waals surface area contributed by atoms with Crippen LogP contribution in [0.3, 0.4) is 0 Å². The predicted molar refractivity (Wildman–Crippen MR) is 60.6 cm³/mol. The minimum Gasteiger partial charge on any atom is -0.388 e. The minimum absolute atomic E-state index is 0.145. The molecule has 0 unspecified atom stereocenters. The second-order valence-electron chi connectivity index (χ2n) is 4.42. The quantitative estimate of drug-likeness (QED) is 0.678. The van der Waals surface area contributed by atoms with Crippen molar-refractivity contribution in [3.8, 4) is 0 Å². The molecule has 1 aliphatic rings. The molecule has 1 fully saturated rings. The van der Waals surface area contributed by atoms with Gasteiger partial charge in [0.25, 0.3) is 11.5 Å². The molecule has 2 rings (SSSR count). The van der Waals surface area contributed by atoms with Gasteiger partial charge in [-0.05, 0) is 18.9 Å². The number of aliphatic hydroxyl groups is 1. The first-order valence-electron chi connectivity index (χ1n) is 5.65. The molecule has 92 valence electrons. The van der Waals surface area contributed by atoms with Gasteiger partial charge >= 0.3 is 0 Å². The van der Waals surface area contributed by atoms with Gasteiger partial charge in [-0.3, -0.25) is 9.59 Å². The molecule has 0 spiro atoms. The Morgan fingerprint density at radius 3 is 2.76 bits per heavy atom. The second-order valence-corrected chi connectivity index (χ2v) is 4.42. The highest BCUT2D eigenvalue weighted by molar-refractivity contribution is 5.92. The summed E-state index contributed by atoms with van der Waals surface area (Å²) in [6.45, 7) is 0.229. The molecule has 1 amide bonds. The van der Waals surface area contributed by atoms with Crippen LogP contribution in [-0.4, -0.2) is 33.4 Å². The predicted octanol–water partition coefficient (Wildman–Crippen LogP) is -0.195. The zero-order valence-corrected chi connectivity index (χ0v) is 9.40. The lowest BCUT2D eigenvalue weighted by molar-refractivity contribution is 0.0448. The lowest BCUT2D eigenvalue weighted by Gasteiger charge is -2.22. The summed E-state index contributed by atoms with van der Waals surface area (Å²) in [5.41, 5.74) is -0.986. The van der Waals surface area contributed by atoms with E-state index in [9.17, 15) is 14.7 Å². The Morgan fingerprint density at radius 2 is 2.18 bits per heavy atom. The van der Waals surface area contributed by atoms with Gasteiger partial charge in [0.05, 0.1) is 5.60 Å². The fourth-order valence-electron chi connectivity index (χ4n) is 2.02. The molecule has 0 radical (unpaired) electrons. The van der Waals surface area contributed by atoms with Crippen LogP contribution in [0.25, 0.3) is 0 Å². The Labute approximate surface area is 98.1 Å². The number of amides is 1. The molecule has 1 aromatic rings. The third-order valence-electron chi connectivity index (χ3n) is 3.02. The van der Waals surface area contributed by atoms with E-state index >= 15 is 0 Å². The number of aromatic nitrogens is 2. The Morgan fingerprint density at radius 1 is 1.47 bits per heavy atom. The van der Waals surface area contributed by atoms with Crippen molar-refractivity contribution in [3.05, 3.63) is 28.2 Å². The molecular formula is C11H15N3O3. The van der Waals surface area contributed by atoms with Crippen molar-refractivity contribution in [2.75, 3.05) is 6.54 Å². The summed E-state index contributed by atoms with van der Waals surface area (Å²) >= 11 is 0. The number of nitrogens with zero attached hydrogens (tertiary/aromatic N) is 1. The van der Waals surface area contributed by atoms with Crippen molar-refractivity contribution in [2.45, 2.75) is 31.3 Å². The smallest absolute Gasteiger partial charge is 0.271 e. The maximum atomic E-state index is 11.6. The number of nitrogens with one attached hydrogen (secondary N) is 2. The third-order valence-corrected chi connectivity index (χ3v) is 3.02. The van der Waals surface area contributed by atoms with Gasteiger partial charge in [0.15, 0.2) is 0 Å². The summed E-state index contributed by atoms with van der Waals surface area (Å²) in [4.78, 5) is 22.4. The van der Waals surface area contributed by atoms with Crippen LogP contribution in [0.2, 0.25) is 0 Å². The van der Waals surface area contributed by atoms with Crippen LogP contribution in [-0.2, 0) is 0 Å². The maximum absolute atomic E-state index is 11.6. The zero-order chi connectivity index (χ0) is 12.3. The van der Waals surface area contributed by atoms with Gasteiger partial charge in [-0.1, -0.05) is 12.8 Å². The van der Waals surface area contributed by atoms with Gasteiger partial charge in [0.2, 0.25) is 0 Å². The SMILES string of the molecule is O=C(NCC1(O)CCCC1)c1ccc(=O)[nH]n1. The highest BCUT2D eigenvalue weighted by atomic mass is 16.3. The van der Waals surface area contributed by atoms with Gasteiger partial charge in [-0.25, -0.2) is 5.10 Å². The lowest BCUT2D eigenvalue weighted by atomic mass is 10.0. The highest BCUT2D eigenvalue weighted by Crippen LogP contribution is 2.28. The van der Waals surface area contributed by atoms with Crippen LogP contribution in [0.4, 0.5) is 0 Å². The number of H-pyrrole nitrogens is 1. The number of carbonyl (C=O) groups is 1. The molecule has 6 nitrogen and oxygen atoms in total. The molecule has 17 heavy (non-hydrogen) atoms. The van der Waals surface area contributed by atoms with Gasteiger partial charge in [0, 0.05) is 12.6 Å². The lowest BCUT2D eigenvalue weighted by Crippen LogP contribution is -2.41. The van der Waals surface area contributed by atoms with Crippen LogP contribution in [0.15, 0.2) is 16.9 Å². The van der Waals surface area contributed by atoms with Crippen molar-refractivity contribution in [3.63, 3.8) is 0 Å². The Bertz CT molecular complexity index is 443. The van der Waals surface area contributed by atoms with Crippen molar-refractivity contribution in [2.24, 2.45) is 0 Å². The Balaban J connectivity index is 1.93. The fourth-order valence-corrected chi connectivity index (χ4v) is 2.02. The number of hydrogen-bond acceptors (Lipinski definition) is 4. The van der Waals surface area contributed by atoms with Gasteiger partial charge < -0.3 is 10.4 Å². The van der Waals surface area contributed by atoms with E-state index in [0.717, 1.165) is 12.8 Å². The van der Waals surface area contributed by atoms with Gasteiger partial charge in [-0.15, -0.1) is 0 Å². The summed E-state index contributed by atoms with van der Waals surface area (Å²) in [6, 6.07) is 2.60. The summed E-state index contributed by atoms with van der Waals surface area (Å²) in [5.74, 6) is -0.387. The molecule has 0 aliphatic heterocycles. The number of hydrogen-bond donors (Lipinski definition) is 3.